The molecule has 31 heavy (non-hydrogen) atoms. The van der Waals surface area contributed by atoms with Crippen LogP contribution < -0.4 is 20.1 Å². The van der Waals surface area contributed by atoms with E-state index < -0.39 is 5.97 Å². The first kappa shape index (κ1) is 21.6. The van der Waals surface area contributed by atoms with E-state index in [0.717, 1.165) is 5.56 Å². The summed E-state index contributed by atoms with van der Waals surface area (Å²) in [6.07, 6.45) is 0. The fraction of sp³-hybridized carbons (Fsp3) is 0.125. The SMILES string of the molecule is COc1ccc(C(=O)Nc2ccccc2CNC(=O)c2cccc(OC(C)=O)c2)cc1. The van der Waals surface area contributed by atoms with Gasteiger partial charge in [-0.1, -0.05) is 24.3 Å². The van der Waals surface area contributed by atoms with Crippen LogP contribution in [-0.4, -0.2) is 24.9 Å². The zero-order valence-corrected chi connectivity index (χ0v) is 17.2. The topological polar surface area (TPSA) is 93.7 Å². The summed E-state index contributed by atoms with van der Waals surface area (Å²) in [4.78, 5) is 36.2. The highest BCUT2D eigenvalue weighted by atomic mass is 16.5. The Bertz CT molecular complexity index is 1090. The Labute approximate surface area is 180 Å². The van der Waals surface area contributed by atoms with Crippen molar-refractivity contribution in [3.8, 4) is 11.5 Å². The second kappa shape index (κ2) is 10.1. The lowest BCUT2D eigenvalue weighted by atomic mass is 10.1. The lowest BCUT2D eigenvalue weighted by Crippen LogP contribution is -2.24. The summed E-state index contributed by atoms with van der Waals surface area (Å²) in [5.74, 6) is -0.0929. The van der Waals surface area contributed by atoms with Crippen LogP contribution in [0, 0.1) is 0 Å². The van der Waals surface area contributed by atoms with E-state index in [2.05, 4.69) is 10.6 Å². The Morgan fingerprint density at radius 1 is 0.806 bits per heavy atom. The summed E-state index contributed by atoms with van der Waals surface area (Å²) in [6, 6.07) is 20.3. The molecule has 0 heterocycles. The first-order chi connectivity index (χ1) is 15.0. The second-order valence-corrected chi connectivity index (χ2v) is 6.64. The Hall–Kier alpha value is -4.13. The highest BCUT2D eigenvalue weighted by Crippen LogP contribution is 2.18. The average Bonchev–Trinajstić information content (AvgIpc) is 2.78. The summed E-state index contributed by atoms with van der Waals surface area (Å²) < 4.78 is 10.1. The van der Waals surface area contributed by atoms with Gasteiger partial charge < -0.3 is 20.1 Å². The normalized spacial score (nSPS) is 10.1. The first-order valence-corrected chi connectivity index (χ1v) is 9.56. The van der Waals surface area contributed by atoms with Crippen molar-refractivity contribution in [2.24, 2.45) is 0 Å². The molecule has 0 aromatic heterocycles. The maximum Gasteiger partial charge on any atom is 0.308 e. The van der Waals surface area contributed by atoms with Crippen molar-refractivity contribution in [1.82, 2.24) is 5.32 Å². The third kappa shape index (κ3) is 5.93. The van der Waals surface area contributed by atoms with Crippen LogP contribution in [0.1, 0.15) is 33.2 Å². The summed E-state index contributed by atoms with van der Waals surface area (Å²) in [7, 11) is 1.56. The minimum absolute atomic E-state index is 0.204. The van der Waals surface area contributed by atoms with Gasteiger partial charge in [0.15, 0.2) is 0 Å². The zero-order chi connectivity index (χ0) is 22.2. The number of amides is 2. The Balaban J connectivity index is 1.67. The molecule has 0 aliphatic heterocycles. The maximum atomic E-state index is 12.6. The van der Waals surface area contributed by atoms with Crippen molar-refractivity contribution >= 4 is 23.5 Å². The maximum absolute atomic E-state index is 12.6. The van der Waals surface area contributed by atoms with Crippen molar-refractivity contribution in [2.45, 2.75) is 13.5 Å². The summed E-state index contributed by atoms with van der Waals surface area (Å²) in [6.45, 7) is 1.50. The second-order valence-electron chi connectivity index (χ2n) is 6.64. The number of carbonyl (C=O) groups excluding carboxylic acids is 3. The predicted octanol–water partition coefficient (Wildman–Crippen LogP) is 3.80. The minimum Gasteiger partial charge on any atom is -0.497 e. The molecule has 0 radical (unpaired) electrons. The molecular formula is C24H22N2O5. The smallest absolute Gasteiger partial charge is 0.308 e. The van der Waals surface area contributed by atoms with Gasteiger partial charge in [0.05, 0.1) is 7.11 Å². The number of benzene rings is 3. The molecule has 0 atom stereocenters. The molecule has 2 N–H and O–H groups in total. The minimum atomic E-state index is -0.459. The van der Waals surface area contributed by atoms with Gasteiger partial charge >= 0.3 is 5.97 Å². The Kier molecular flexibility index (Phi) is 7.01. The van der Waals surface area contributed by atoms with Crippen molar-refractivity contribution < 1.29 is 23.9 Å². The van der Waals surface area contributed by atoms with Gasteiger partial charge in [-0.05, 0) is 54.1 Å². The fourth-order valence-electron chi connectivity index (χ4n) is 2.88. The number of nitrogens with one attached hydrogen (secondary N) is 2. The van der Waals surface area contributed by atoms with Crippen LogP contribution in [0.3, 0.4) is 0 Å². The van der Waals surface area contributed by atoms with Crippen LogP contribution in [0.4, 0.5) is 5.69 Å². The molecule has 3 rings (SSSR count). The Morgan fingerprint density at radius 2 is 1.55 bits per heavy atom. The van der Waals surface area contributed by atoms with E-state index in [0.29, 0.717) is 28.3 Å². The number of para-hydroxylation sites is 1. The van der Waals surface area contributed by atoms with Crippen LogP contribution in [0.2, 0.25) is 0 Å². The van der Waals surface area contributed by atoms with Crippen molar-refractivity contribution in [2.75, 3.05) is 12.4 Å². The number of rotatable bonds is 7. The van der Waals surface area contributed by atoms with Crippen LogP contribution in [0.25, 0.3) is 0 Å². The lowest BCUT2D eigenvalue weighted by molar-refractivity contribution is -0.131. The van der Waals surface area contributed by atoms with Crippen molar-refractivity contribution in [3.63, 3.8) is 0 Å². The summed E-state index contributed by atoms with van der Waals surface area (Å²) in [5, 5.41) is 5.69. The van der Waals surface area contributed by atoms with Gasteiger partial charge in [-0.25, -0.2) is 0 Å². The third-order valence-electron chi connectivity index (χ3n) is 4.41. The van der Waals surface area contributed by atoms with Gasteiger partial charge in [0.1, 0.15) is 11.5 Å². The number of ether oxygens (including phenoxy) is 2. The molecular weight excluding hydrogens is 396 g/mol. The number of methoxy groups -OCH3 is 1. The van der Waals surface area contributed by atoms with Crippen LogP contribution in [0.5, 0.6) is 11.5 Å². The third-order valence-corrected chi connectivity index (χ3v) is 4.41. The molecule has 0 bridgehead atoms. The van der Waals surface area contributed by atoms with Gasteiger partial charge in [0.2, 0.25) is 0 Å². The molecule has 0 fully saturated rings. The molecule has 7 heteroatoms. The van der Waals surface area contributed by atoms with E-state index in [9.17, 15) is 14.4 Å². The number of hydrogen-bond donors (Lipinski definition) is 2. The van der Waals surface area contributed by atoms with Gasteiger partial charge in [0, 0.05) is 30.3 Å². The number of carbonyl (C=O) groups is 3. The average molecular weight is 418 g/mol. The summed E-state index contributed by atoms with van der Waals surface area (Å²) in [5.41, 5.74) is 2.19. The molecule has 0 saturated heterocycles. The Morgan fingerprint density at radius 3 is 2.26 bits per heavy atom. The molecule has 158 valence electrons. The quantitative estimate of drug-likeness (QED) is 0.450. The molecule has 0 spiro atoms. The van der Waals surface area contributed by atoms with Gasteiger partial charge in [-0.15, -0.1) is 0 Å². The fourth-order valence-corrected chi connectivity index (χ4v) is 2.88. The monoisotopic (exact) mass is 418 g/mol. The van der Waals surface area contributed by atoms with Crippen molar-refractivity contribution in [1.29, 1.82) is 0 Å². The number of anilines is 1. The van der Waals surface area contributed by atoms with Crippen molar-refractivity contribution in [3.05, 3.63) is 89.5 Å². The molecule has 3 aromatic carbocycles. The standard InChI is InChI=1S/C24H22N2O5/c1-16(27)31-21-8-5-7-18(14-21)23(28)25-15-19-6-3-4-9-22(19)26-24(29)17-10-12-20(30-2)13-11-17/h3-14H,15H2,1-2H3,(H,25,28)(H,26,29). The molecule has 0 unspecified atom stereocenters. The van der Waals surface area contributed by atoms with Crippen LogP contribution >= 0.6 is 0 Å². The first-order valence-electron chi connectivity index (χ1n) is 9.56. The van der Waals surface area contributed by atoms with E-state index in [1.54, 1.807) is 61.7 Å². The van der Waals surface area contributed by atoms with Crippen LogP contribution in [0.15, 0.2) is 72.8 Å². The van der Waals surface area contributed by atoms with Crippen LogP contribution in [-0.2, 0) is 11.3 Å². The van der Waals surface area contributed by atoms with E-state index in [1.165, 1.54) is 13.0 Å². The molecule has 0 aliphatic carbocycles. The molecule has 3 aromatic rings. The van der Waals surface area contributed by atoms with Gasteiger partial charge in [0.25, 0.3) is 11.8 Å². The van der Waals surface area contributed by atoms with Gasteiger partial charge in [-0.3, -0.25) is 14.4 Å². The molecule has 0 saturated carbocycles. The van der Waals surface area contributed by atoms with Gasteiger partial charge in [-0.2, -0.15) is 0 Å². The van der Waals surface area contributed by atoms with E-state index in [-0.39, 0.29) is 18.4 Å². The van der Waals surface area contributed by atoms with E-state index in [1.807, 2.05) is 12.1 Å². The molecule has 7 nitrogen and oxygen atoms in total. The predicted molar refractivity (Wildman–Crippen MR) is 116 cm³/mol. The van der Waals surface area contributed by atoms with E-state index in [4.69, 9.17) is 9.47 Å². The summed E-state index contributed by atoms with van der Waals surface area (Å²) >= 11 is 0. The highest BCUT2D eigenvalue weighted by Gasteiger charge is 2.12. The number of esters is 1. The highest BCUT2D eigenvalue weighted by molar-refractivity contribution is 6.04. The zero-order valence-electron chi connectivity index (χ0n) is 17.2. The van der Waals surface area contributed by atoms with E-state index >= 15 is 0 Å². The molecule has 0 aliphatic rings. The lowest BCUT2D eigenvalue weighted by Gasteiger charge is -2.13. The number of hydrogen-bond acceptors (Lipinski definition) is 5. The largest absolute Gasteiger partial charge is 0.497 e. The molecule has 2 amide bonds.